The van der Waals surface area contributed by atoms with Gasteiger partial charge in [-0.05, 0) is 43.2 Å². The van der Waals surface area contributed by atoms with E-state index in [1.807, 2.05) is 6.92 Å². The molecule has 0 radical (unpaired) electrons. The fraction of sp³-hybridized carbons (Fsp3) is 0.304. The highest BCUT2D eigenvalue weighted by molar-refractivity contribution is 6.06. The number of fused-ring (bicyclic) bond motifs is 1. The number of amides is 1. The van der Waals surface area contributed by atoms with E-state index in [0.717, 1.165) is 5.57 Å². The molecule has 9 nitrogen and oxygen atoms in total. The van der Waals surface area contributed by atoms with Crippen molar-refractivity contribution >= 4 is 22.8 Å². The fourth-order valence-electron chi connectivity index (χ4n) is 3.64. The second kappa shape index (κ2) is 9.78. The molecule has 1 aliphatic rings. The van der Waals surface area contributed by atoms with Crippen LogP contribution in [0.5, 0.6) is 0 Å². The predicted molar refractivity (Wildman–Crippen MR) is 118 cm³/mol. The van der Waals surface area contributed by atoms with Crippen LogP contribution >= 0.6 is 0 Å². The number of aromatic nitrogens is 3. The zero-order valence-electron chi connectivity index (χ0n) is 18.3. The number of hydrogen-bond acceptors (Lipinski definition) is 7. The second-order valence-electron chi connectivity index (χ2n) is 7.44. The Labute approximate surface area is 189 Å². The highest BCUT2D eigenvalue weighted by Crippen LogP contribution is 2.22. The number of rotatable bonds is 8. The predicted octanol–water partition coefficient (Wildman–Crippen LogP) is 2.76. The Kier molecular flexibility index (Phi) is 6.64. The maximum absolute atomic E-state index is 13.3. The average molecular weight is 453 g/mol. The summed E-state index contributed by atoms with van der Waals surface area (Å²) in [5, 5.41) is 9.42. The van der Waals surface area contributed by atoms with E-state index >= 15 is 0 Å². The van der Waals surface area contributed by atoms with Crippen LogP contribution in [0.2, 0.25) is 0 Å². The first-order valence-electron chi connectivity index (χ1n) is 10.6. The Morgan fingerprint density at radius 1 is 1.21 bits per heavy atom. The number of nitrogens with zero attached hydrogens (tertiary/aromatic N) is 4. The lowest BCUT2D eigenvalue weighted by molar-refractivity contribution is -0.157. The van der Waals surface area contributed by atoms with Gasteiger partial charge in [0.15, 0.2) is 0 Å². The zero-order chi connectivity index (χ0) is 23.4. The van der Waals surface area contributed by atoms with E-state index in [2.05, 4.69) is 15.4 Å². The topological polar surface area (TPSA) is 98.6 Å². The number of benzene rings is 1. The molecule has 3 aromatic rings. The van der Waals surface area contributed by atoms with Crippen molar-refractivity contribution in [3.8, 4) is 5.69 Å². The first kappa shape index (κ1) is 22.4. The molecule has 1 aliphatic heterocycles. The third-order valence-corrected chi connectivity index (χ3v) is 5.27. The number of esters is 1. The largest absolute Gasteiger partial charge is 0.465 e. The van der Waals surface area contributed by atoms with Crippen molar-refractivity contribution in [3.63, 3.8) is 0 Å². The Hall–Kier alpha value is -3.79. The molecule has 172 valence electrons. The molecule has 4 rings (SSSR count). The molecule has 1 aromatic carbocycles. The lowest BCUT2D eigenvalue weighted by Gasteiger charge is -2.17. The number of nitrogens with one attached hydrogen (secondary N) is 1. The van der Waals surface area contributed by atoms with Crippen molar-refractivity contribution in [1.29, 1.82) is 0 Å². The smallest absolute Gasteiger partial charge is 0.328 e. The lowest BCUT2D eigenvalue weighted by Crippen LogP contribution is -2.36. The summed E-state index contributed by atoms with van der Waals surface area (Å²) >= 11 is 0. The van der Waals surface area contributed by atoms with Gasteiger partial charge in [0, 0.05) is 17.8 Å². The Morgan fingerprint density at radius 3 is 2.73 bits per heavy atom. The highest BCUT2D eigenvalue weighted by Gasteiger charge is 2.25. The van der Waals surface area contributed by atoms with Gasteiger partial charge in [-0.2, -0.15) is 5.10 Å². The van der Waals surface area contributed by atoms with E-state index < -0.39 is 0 Å². The third-order valence-electron chi connectivity index (χ3n) is 5.27. The van der Waals surface area contributed by atoms with Gasteiger partial charge in [-0.15, -0.1) is 0 Å². The van der Waals surface area contributed by atoms with Crippen LogP contribution in [0.25, 0.3) is 16.6 Å². The molecule has 10 heteroatoms. The zero-order valence-corrected chi connectivity index (χ0v) is 18.3. The van der Waals surface area contributed by atoms with Gasteiger partial charge in [0.1, 0.15) is 12.4 Å². The first-order chi connectivity index (χ1) is 16.0. The number of ether oxygens (including phenoxy) is 1. The quantitative estimate of drug-likeness (QED) is 0.524. The lowest BCUT2D eigenvalue weighted by atomic mass is 10.1. The number of carbonyl (C=O) groups is 2. The Bertz CT molecular complexity index is 1190. The number of pyridine rings is 1. The molecule has 1 N–H and O–H groups in total. The van der Waals surface area contributed by atoms with Crippen molar-refractivity contribution in [2.24, 2.45) is 0 Å². The van der Waals surface area contributed by atoms with Gasteiger partial charge in [-0.1, -0.05) is 6.92 Å². The standard InChI is InChI=1S/C23H24FN5O4/c1-3-20(15-12-28(33-14-15)13-22(30)32-4-2)27-23(31)19-9-25-11-21-18(19)10-26-29(21)17-7-5-16(24)6-8-17/h5-12,20H,3-4,13-14H2,1-2H3,(H,27,31)/t20-/m1/s1. The summed E-state index contributed by atoms with van der Waals surface area (Å²) in [5.41, 5.74) is 2.51. The summed E-state index contributed by atoms with van der Waals surface area (Å²) in [6.07, 6.45) is 7.05. The summed E-state index contributed by atoms with van der Waals surface area (Å²) < 4.78 is 19.8. The van der Waals surface area contributed by atoms with E-state index in [4.69, 9.17) is 9.57 Å². The van der Waals surface area contributed by atoms with Crippen LogP contribution in [0.3, 0.4) is 0 Å². The molecule has 0 aliphatic carbocycles. The van der Waals surface area contributed by atoms with Gasteiger partial charge in [-0.3, -0.25) is 19.4 Å². The van der Waals surface area contributed by atoms with Crippen LogP contribution in [-0.2, 0) is 14.4 Å². The minimum absolute atomic E-state index is 0.0203. The van der Waals surface area contributed by atoms with Crippen molar-refractivity contribution in [2.75, 3.05) is 19.8 Å². The molecule has 0 fully saturated rings. The van der Waals surface area contributed by atoms with Crippen LogP contribution in [0.1, 0.15) is 30.6 Å². The van der Waals surface area contributed by atoms with Gasteiger partial charge in [-0.25, -0.2) is 14.1 Å². The molecule has 0 saturated heterocycles. The molecular weight excluding hydrogens is 429 g/mol. The number of halogens is 1. The minimum Gasteiger partial charge on any atom is -0.465 e. The van der Waals surface area contributed by atoms with Crippen LogP contribution in [0.15, 0.2) is 54.6 Å². The number of hydrogen-bond donors (Lipinski definition) is 1. The van der Waals surface area contributed by atoms with Gasteiger partial charge >= 0.3 is 5.97 Å². The molecule has 1 amide bonds. The van der Waals surface area contributed by atoms with Gasteiger partial charge in [0.2, 0.25) is 0 Å². The number of hydroxylamine groups is 2. The van der Waals surface area contributed by atoms with E-state index in [9.17, 15) is 14.0 Å². The van der Waals surface area contributed by atoms with Crippen LogP contribution in [-0.4, -0.2) is 57.5 Å². The van der Waals surface area contributed by atoms with E-state index in [-0.39, 0.29) is 36.9 Å². The van der Waals surface area contributed by atoms with Crippen LogP contribution in [0, 0.1) is 5.82 Å². The van der Waals surface area contributed by atoms with Crippen molar-refractivity contribution < 1.29 is 23.6 Å². The third kappa shape index (κ3) is 4.85. The molecule has 0 unspecified atom stereocenters. The van der Waals surface area contributed by atoms with Gasteiger partial charge in [0.05, 0.1) is 48.4 Å². The van der Waals surface area contributed by atoms with Crippen molar-refractivity contribution in [1.82, 2.24) is 25.1 Å². The molecule has 0 spiro atoms. The molecule has 0 saturated carbocycles. The Balaban J connectivity index is 1.52. The maximum atomic E-state index is 13.3. The van der Waals surface area contributed by atoms with Crippen LogP contribution < -0.4 is 5.32 Å². The SMILES string of the molecule is CCOC(=O)CN1C=C([C@@H](CC)NC(=O)c2cncc3c2cnn3-c2ccc(F)cc2)CO1. The molecule has 1 atom stereocenters. The second-order valence-corrected chi connectivity index (χ2v) is 7.44. The monoisotopic (exact) mass is 453 g/mol. The first-order valence-corrected chi connectivity index (χ1v) is 10.6. The molecular formula is C23H24FN5O4. The molecule has 0 bridgehead atoms. The molecule has 33 heavy (non-hydrogen) atoms. The van der Waals surface area contributed by atoms with E-state index in [0.29, 0.717) is 35.2 Å². The van der Waals surface area contributed by atoms with Crippen molar-refractivity contribution in [3.05, 3.63) is 66.0 Å². The summed E-state index contributed by atoms with van der Waals surface area (Å²) in [6.45, 7) is 4.24. The minimum atomic E-state index is -0.386. The van der Waals surface area contributed by atoms with Crippen LogP contribution in [0.4, 0.5) is 4.39 Å². The average Bonchev–Trinajstić information content (AvgIpc) is 3.45. The summed E-state index contributed by atoms with van der Waals surface area (Å²) in [6, 6.07) is 5.63. The summed E-state index contributed by atoms with van der Waals surface area (Å²) in [7, 11) is 0. The highest BCUT2D eigenvalue weighted by atomic mass is 19.1. The number of carbonyl (C=O) groups excluding carboxylic acids is 2. The fourth-order valence-corrected chi connectivity index (χ4v) is 3.64. The van der Waals surface area contributed by atoms with Gasteiger partial charge < -0.3 is 10.1 Å². The van der Waals surface area contributed by atoms with Gasteiger partial charge in [0.25, 0.3) is 5.91 Å². The van der Waals surface area contributed by atoms with Crippen molar-refractivity contribution in [2.45, 2.75) is 26.3 Å². The molecule has 2 aromatic heterocycles. The summed E-state index contributed by atoms with van der Waals surface area (Å²) in [4.78, 5) is 34.5. The summed E-state index contributed by atoms with van der Waals surface area (Å²) in [5.74, 6) is -1.03. The normalized spacial score (nSPS) is 14.3. The van der Waals surface area contributed by atoms with E-state index in [1.54, 1.807) is 42.3 Å². The molecule has 3 heterocycles. The maximum Gasteiger partial charge on any atom is 0.328 e. The van der Waals surface area contributed by atoms with E-state index in [1.165, 1.54) is 23.4 Å². The Morgan fingerprint density at radius 2 is 2.00 bits per heavy atom.